The lowest BCUT2D eigenvalue weighted by Gasteiger charge is -2.28. The van der Waals surface area contributed by atoms with Gasteiger partial charge in [-0.3, -0.25) is 9.78 Å². The number of benzene rings is 2. The summed E-state index contributed by atoms with van der Waals surface area (Å²) in [5.41, 5.74) is 2.67. The van der Waals surface area contributed by atoms with Gasteiger partial charge in [-0.1, -0.05) is 19.1 Å². The van der Waals surface area contributed by atoms with Crippen LogP contribution in [0.15, 0.2) is 54.7 Å². The average molecular weight is 464 g/mol. The zero-order valence-electron chi connectivity index (χ0n) is 19.0. The van der Waals surface area contributed by atoms with Crippen LogP contribution in [-0.4, -0.2) is 29.8 Å². The molecule has 0 amide bonds. The Morgan fingerprint density at radius 3 is 2.65 bits per heavy atom. The van der Waals surface area contributed by atoms with Crippen molar-refractivity contribution in [3.05, 3.63) is 71.8 Å². The number of halogens is 1. The van der Waals surface area contributed by atoms with Crippen LogP contribution >= 0.6 is 0 Å². The SMILES string of the molecule is COc1ccc(F)c(-c2ccc(C3COc4ccc(C(C5CC5)[C@H](C)C(=O)O)cc4O3)nc2)c1. The van der Waals surface area contributed by atoms with Gasteiger partial charge in [-0.15, -0.1) is 0 Å². The lowest BCUT2D eigenvalue weighted by Crippen LogP contribution is -2.24. The lowest BCUT2D eigenvalue weighted by molar-refractivity contribution is -0.142. The van der Waals surface area contributed by atoms with Crippen LogP contribution in [0.1, 0.15) is 43.0 Å². The summed E-state index contributed by atoms with van der Waals surface area (Å²) in [6.07, 6.45) is 3.27. The van der Waals surface area contributed by atoms with Crippen LogP contribution < -0.4 is 14.2 Å². The number of fused-ring (bicyclic) bond motifs is 1. The quantitative estimate of drug-likeness (QED) is 0.490. The van der Waals surface area contributed by atoms with Crippen LogP contribution in [0.2, 0.25) is 0 Å². The van der Waals surface area contributed by atoms with Gasteiger partial charge in [0, 0.05) is 17.3 Å². The number of pyridine rings is 1. The van der Waals surface area contributed by atoms with Crippen LogP contribution in [0.5, 0.6) is 17.2 Å². The predicted molar refractivity (Wildman–Crippen MR) is 124 cm³/mol. The standard InChI is InChI=1S/C27H26FNO5/c1-15(27(30)31)26(16-3-4-16)17-6-10-23-24(11-17)34-25(14-33-23)22-9-5-18(13-29-22)20-12-19(32-2)7-8-21(20)28/h5-13,15-16,25-26H,3-4,14H2,1-2H3,(H,30,31)/t15-,25?,26?/m0/s1. The fraction of sp³-hybridized carbons (Fsp3) is 0.333. The maximum absolute atomic E-state index is 14.3. The Labute approximate surface area is 197 Å². The first kappa shape index (κ1) is 22.2. The van der Waals surface area contributed by atoms with Crippen molar-refractivity contribution in [1.82, 2.24) is 4.98 Å². The van der Waals surface area contributed by atoms with E-state index in [1.54, 1.807) is 37.4 Å². The van der Waals surface area contributed by atoms with Crippen molar-refractivity contribution in [3.8, 4) is 28.4 Å². The van der Waals surface area contributed by atoms with Gasteiger partial charge in [0.1, 0.15) is 18.2 Å². The number of methoxy groups -OCH3 is 1. The molecular formula is C27H26FNO5. The number of nitrogens with zero attached hydrogens (tertiary/aromatic N) is 1. The molecule has 2 heterocycles. The molecular weight excluding hydrogens is 437 g/mol. The molecule has 0 radical (unpaired) electrons. The molecule has 34 heavy (non-hydrogen) atoms. The van der Waals surface area contributed by atoms with Gasteiger partial charge in [-0.05, 0) is 66.6 Å². The predicted octanol–water partition coefficient (Wildman–Crippen LogP) is 5.62. The minimum atomic E-state index is -0.790. The number of carboxylic acids is 1. The first-order chi connectivity index (χ1) is 16.4. The second-order valence-corrected chi connectivity index (χ2v) is 8.93. The number of aliphatic carboxylic acids is 1. The Kier molecular flexibility index (Phi) is 5.86. The average Bonchev–Trinajstić information content (AvgIpc) is 3.69. The van der Waals surface area contributed by atoms with E-state index in [2.05, 4.69) is 4.98 Å². The first-order valence-electron chi connectivity index (χ1n) is 11.4. The van der Waals surface area contributed by atoms with Crippen LogP contribution in [0.4, 0.5) is 4.39 Å². The van der Waals surface area contributed by atoms with E-state index in [1.165, 1.54) is 13.2 Å². The van der Waals surface area contributed by atoms with Crippen LogP contribution in [-0.2, 0) is 4.79 Å². The minimum absolute atomic E-state index is 0.0538. The highest BCUT2D eigenvalue weighted by Gasteiger charge is 2.39. The molecule has 3 atom stereocenters. The molecule has 2 unspecified atom stereocenters. The van der Waals surface area contributed by atoms with E-state index < -0.39 is 18.0 Å². The third-order valence-corrected chi connectivity index (χ3v) is 6.67. The molecule has 1 aliphatic carbocycles. The monoisotopic (exact) mass is 463 g/mol. The van der Waals surface area contributed by atoms with Crippen LogP contribution in [0.25, 0.3) is 11.1 Å². The number of rotatable bonds is 7. The third-order valence-electron chi connectivity index (χ3n) is 6.67. The van der Waals surface area contributed by atoms with Crippen molar-refractivity contribution >= 4 is 5.97 Å². The highest BCUT2D eigenvalue weighted by Crippen LogP contribution is 2.49. The number of hydrogen-bond acceptors (Lipinski definition) is 5. The summed E-state index contributed by atoms with van der Waals surface area (Å²) in [6, 6.07) is 13.9. The van der Waals surface area contributed by atoms with Gasteiger partial charge in [0.2, 0.25) is 0 Å². The molecule has 7 heteroatoms. The van der Waals surface area contributed by atoms with E-state index in [0.29, 0.717) is 46.6 Å². The molecule has 1 aliphatic heterocycles. The topological polar surface area (TPSA) is 77.9 Å². The highest BCUT2D eigenvalue weighted by molar-refractivity contribution is 5.71. The Balaban J connectivity index is 1.37. The summed E-state index contributed by atoms with van der Waals surface area (Å²) in [6.45, 7) is 2.06. The lowest BCUT2D eigenvalue weighted by atomic mass is 9.83. The van der Waals surface area contributed by atoms with Crippen molar-refractivity contribution in [1.29, 1.82) is 0 Å². The summed E-state index contributed by atoms with van der Waals surface area (Å²) >= 11 is 0. The summed E-state index contributed by atoms with van der Waals surface area (Å²) in [7, 11) is 1.54. The molecule has 2 aliphatic rings. The maximum atomic E-state index is 14.3. The van der Waals surface area contributed by atoms with Gasteiger partial charge in [0.25, 0.3) is 0 Å². The van der Waals surface area contributed by atoms with Gasteiger partial charge >= 0.3 is 5.97 Å². The summed E-state index contributed by atoms with van der Waals surface area (Å²) < 4.78 is 31.7. The van der Waals surface area contributed by atoms with Gasteiger partial charge < -0.3 is 19.3 Å². The normalized spacial score (nSPS) is 18.7. The fourth-order valence-corrected chi connectivity index (χ4v) is 4.63. The Morgan fingerprint density at radius 2 is 1.97 bits per heavy atom. The van der Waals surface area contributed by atoms with Crippen molar-refractivity contribution < 1.29 is 28.5 Å². The van der Waals surface area contributed by atoms with E-state index >= 15 is 0 Å². The second kappa shape index (κ2) is 8.97. The number of carbonyl (C=O) groups is 1. The van der Waals surface area contributed by atoms with E-state index in [0.717, 1.165) is 18.4 Å². The van der Waals surface area contributed by atoms with Crippen molar-refractivity contribution in [2.24, 2.45) is 11.8 Å². The van der Waals surface area contributed by atoms with Crippen LogP contribution in [0, 0.1) is 17.7 Å². The maximum Gasteiger partial charge on any atom is 0.306 e. The Morgan fingerprint density at radius 1 is 1.15 bits per heavy atom. The molecule has 0 saturated heterocycles. The molecule has 0 spiro atoms. The summed E-state index contributed by atoms with van der Waals surface area (Å²) in [4.78, 5) is 16.2. The molecule has 3 aromatic rings. The number of ether oxygens (including phenoxy) is 3. The second-order valence-electron chi connectivity index (χ2n) is 8.93. The molecule has 176 valence electrons. The number of hydrogen-bond donors (Lipinski definition) is 1. The van der Waals surface area contributed by atoms with E-state index in [9.17, 15) is 14.3 Å². The zero-order valence-corrected chi connectivity index (χ0v) is 19.0. The third kappa shape index (κ3) is 4.30. The van der Waals surface area contributed by atoms with Gasteiger partial charge in [-0.25, -0.2) is 4.39 Å². The highest BCUT2D eigenvalue weighted by atomic mass is 19.1. The van der Waals surface area contributed by atoms with Gasteiger partial charge in [0.05, 0.1) is 18.7 Å². The zero-order chi connectivity index (χ0) is 23.8. The summed E-state index contributed by atoms with van der Waals surface area (Å²) in [5, 5.41) is 9.58. The molecule has 6 nitrogen and oxygen atoms in total. The van der Waals surface area contributed by atoms with Crippen molar-refractivity contribution in [2.75, 3.05) is 13.7 Å². The molecule has 1 saturated carbocycles. The van der Waals surface area contributed by atoms with Gasteiger partial charge in [-0.2, -0.15) is 0 Å². The largest absolute Gasteiger partial charge is 0.497 e. The van der Waals surface area contributed by atoms with E-state index in [1.807, 2.05) is 18.2 Å². The fourth-order valence-electron chi connectivity index (χ4n) is 4.63. The molecule has 0 bridgehead atoms. The molecule has 2 aromatic carbocycles. The molecule has 1 fully saturated rings. The minimum Gasteiger partial charge on any atom is -0.497 e. The first-order valence-corrected chi connectivity index (χ1v) is 11.4. The number of aromatic nitrogens is 1. The van der Waals surface area contributed by atoms with Crippen molar-refractivity contribution in [2.45, 2.75) is 31.8 Å². The van der Waals surface area contributed by atoms with Crippen LogP contribution in [0.3, 0.4) is 0 Å². The van der Waals surface area contributed by atoms with Gasteiger partial charge in [0.15, 0.2) is 17.6 Å². The smallest absolute Gasteiger partial charge is 0.306 e. The molecule has 1 N–H and O–H groups in total. The van der Waals surface area contributed by atoms with E-state index in [-0.39, 0.29) is 11.7 Å². The van der Waals surface area contributed by atoms with Crippen molar-refractivity contribution in [3.63, 3.8) is 0 Å². The Hall–Kier alpha value is -3.61. The number of carboxylic acid groups (broad SMARTS) is 1. The molecule has 1 aromatic heterocycles. The Bertz CT molecular complexity index is 1210. The summed E-state index contributed by atoms with van der Waals surface area (Å²) in [5.74, 6) is 0.499. The van der Waals surface area contributed by atoms with E-state index in [4.69, 9.17) is 14.2 Å². The molecule has 5 rings (SSSR count).